The Morgan fingerprint density at radius 3 is 2.70 bits per heavy atom. The molecule has 2 aromatic heterocycles. The van der Waals surface area contributed by atoms with E-state index in [2.05, 4.69) is 10.3 Å². The number of hydrogen-bond acceptors (Lipinski definition) is 4. The molecule has 0 aromatic carbocycles. The number of carbonyl (C=O) groups excluding carboxylic acids is 1. The number of aryl methyl sites for hydroxylation is 2. The van der Waals surface area contributed by atoms with Gasteiger partial charge in [0.2, 0.25) is 5.91 Å². The average molecular weight is 290 g/mol. The molecule has 0 aliphatic rings. The summed E-state index contributed by atoms with van der Waals surface area (Å²) in [4.78, 5) is 27.7. The molecule has 0 bridgehead atoms. The normalized spacial score (nSPS) is 10.2. The third kappa shape index (κ3) is 3.64. The van der Waals surface area contributed by atoms with Crippen LogP contribution < -0.4 is 5.32 Å². The van der Waals surface area contributed by atoms with Crippen molar-refractivity contribution in [1.29, 1.82) is 0 Å². The third-order valence-corrected chi connectivity index (χ3v) is 3.69. The first-order valence-corrected chi connectivity index (χ1v) is 6.90. The van der Waals surface area contributed by atoms with E-state index >= 15 is 0 Å². The van der Waals surface area contributed by atoms with Crippen molar-refractivity contribution in [3.63, 3.8) is 0 Å². The Bertz CT molecular complexity index is 623. The van der Waals surface area contributed by atoms with Gasteiger partial charge in [-0.05, 0) is 37.1 Å². The minimum Gasteiger partial charge on any atom is -0.478 e. The number of aromatic nitrogens is 1. The van der Waals surface area contributed by atoms with Gasteiger partial charge >= 0.3 is 5.97 Å². The highest BCUT2D eigenvalue weighted by molar-refractivity contribution is 7.16. The third-order valence-electron chi connectivity index (χ3n) is 2.73. The largest absolute Gasteiger partial charge is 0.478 e. The Morgan fingerprint density at radius 2 is 2.05 bits per heavy atom. The number of aromatic carboxylic acids is 1. The van der Waals surface area contributed by atoms with Crippen LogP contribution in [-0.4, -0.2) is 22.0 Å². The molecule has 0 saturated carbocycles. The van der Waals surface area contributed by atoms with Crippen molar-refractivity contribution < 1.29 is 14.7 Å². The molecule has 2 aromatic rings. The van der Waals surface area contributed by atoms with E-state index in [9.17, 15) is 9.59 Å². The second kappa shape index (κ2) is 6.29. The van der Waals surface area contributed by atoms with E-state index in [1.807, 2.05) is 19.1 Å². The van der Waals surface area contributed by atoms with Gasteiger partial charge in [-0.1, -0.05) is 0 Å². The van der Waals surface area contributed by atoms with Crippen LogP contribution in [0.4, 0.5) is 5.00 Å². The second-order valence-corrected chi connectivity index (χ2v) is 5.56. The first-order valence-electron chi connectivity index (χ1n) is 6.08. The van der Waals surface area contributed by atoms with Crippen molar-refractivity contribution >= 4 is 28.2 Å². The molecule has 0 saturated heterocycles. The van der Waals surface area contributed by atoms with E-state index in [-0.39, 0.29) is 11.5 Å². The summed E-state index contributed by atoms with van der Waals surface area (Å²) in [7, 11) is 0. The van der Waals surface area contributed by atoms with Gasteiger partial charge in [0.15, 0.2) is 0 Å². The molecule has 0 spiro atoms. The standard InChI is InChI=1S/C14H14N2O3S/c1-9-8-11(14(18)19)13(20-9)16-12(17)3-2-10-4-6-15-7-5-10/h4-8H,2-3H2,1H3,(H,16,17)(H,18,19). The summed E-state index contributed by atoms with van der Waals surface area (Å²) in [6, 6.07) is 5.27. The highest BCUT2D eigenvalue weighted by Gasteiger charge is 2.15. The highest BCUT2D eigenvalue weighted by Crippen LogP contribution is 2.27. The van der Waals surface area contributed by atoms with Gasteiger partial charge in [-0.3, -0.25) is 9.78 Å². The van der Waals surface area contributed by atoms with Crippen molar-refractivity contribution in [2.24, 2.45) is 0 Å². The zero-order valence-electron chi connectivity index (χ0n) is 10.9. The van der Waals surface area contributed by atoms with Crippen LogP contribution in [0.3, 0.4) is 0 Å². The summed E-state index contributed by atoms with van der Waals surface area (Å²) in [5.41, 5.74) is 1.17. The number of anilines is 1. The predicted octanol–water partition coefficient (Wildman–Crippen LogP) is 2.72. The van der Waals surface area contributed by atoms with Crippen LogP contribution in [0.1, 0.15) is 27.2 Å². The molecule has 104 valence electrons. The van der Waals surface area contributed by atoms with Gasteiger partial charge in [0.05, 0.1) is 5.56 Å². The monoisotopic (exact) mass is 290 g/mol. The highest BCUT2D eigenvalue weighted by atomic mass is 32.1. The number of rotatable bonds is 5. The minimum absolute atomic E-state index is 0.143. The fourth-order valence-corrected chi connectivity index (χ4v) is 2.68. The lowest BCUT2D eigenvalue weighted by molar-refractivity contribution is -0.116. The van der Waals surface area contributed by atoms with Gasteiger partial charge in [0.1, 0.15) is 5.00 Å². The van der Waals surface area contributed by atoms with Crippen LogP contribution in [0.15, 0.2) is 30.6 Å². The second-order valence-electron chi connectivity index (χ2n) is 4.31. The Kier molecular flexibility index (Phi) is 4.47. The van der Waals surface area contributed by atoms with Crippen molar-refractivity contribution in [3.8, 4) is 0 Å². The molecule has 2 N–H and O–H groups in total. The van der Waals surface area contributed by atoms with E-state index in [0.717, 1.165) is 10.4 Å². The van der Waals surface area contributed by atoms with Crippen molar-refractivity contribution in [1.82, 2.24) is 4.98 Å². The van der Waals surface area contributed by atoms with Gasteiger partial charge in [0.25, 0.3) is 0 Å². The predicted molar refractivity (Wildman–Crippen MR) is 77.2 cm³/mol. The number of carboxylic acids is 1. The SMILES string of the molecule is Cc1cc(C(=O)O)c(NC(=O)CCc2ccncc2)s1. The Labute approximate surface area is 120 Å². The molecule has 5 nitrogen and oxygen atoms in total. The quantitative estimate of drug-likeness (QED) is 0.887. The van der Waals surface area contributed by atoms with Crippen LogP contribution in [-0.2, 0) is 11.2 Å². The van der Waals surface area contributed by atoms with Crippen molar-refractivity contribution in [2.45, 2.75) is 19.8 Å². The summed E-state index contributed by atoms with van der Waals surface area (Å²) >= 11 is 1.27. The van der Waals surface area contributed by atoms with Gasteiger partial charge < -0.3 is 10.4 Å². The molecule has 6 heteroatoms. The number of nitrogens with zero attached hydrogens (tertiary/aromatic N) is 1. The number of amides is 1. The number of pyridine rings is 1. The Hall–Kier alpha value is -2.21. The Morgan fingerprint density at radius 1 is 1.35 bits per heavy atom. The summed E-state index contributed by atoms with van der Waals surface area (Å²) in [5.74, 6) is -1.22. The molecule has 2 rings (SSSR count). The Balaban J connectivity index is 1.96. The average Bonchev–Trinajstić information content (AvgIpc) is 2.79. The van der Waals surface area contributed by atoms with E-state index in [1.54, 1.807) is 18.5 Å². The molecule has 2 heterocycles. The van der Waals surface area contributed by atoms with Gasteiger partial charge in [-0.25, -0.2) is 4.79 Å². The van der Waals surface area contributed by atoms with Gasteiger partial charge in [0, 0.05) is 23.7 Å². The van der Waals surface area contributed by atoms with Gasteiger partial charge in [-0.15, -0.1) is 11.3 Å². The van der Waals surface area contributed by atoms with Crippen LogP contribution in [0, 0.1) is 6.92 Å². The first kappa shape index (κ1) is 14.2. The van der Waals surface area contributed by atoms with Crippen LogP contribution in [0.2, 0.25) is 0 Å². The lowest BCUT2D eigenvalue weighted by Gasteiger charge is -2.04. The summed E-state index contributed by atoms with van der Waals surface area (Å²) < 4.78 is 0. The topological polar surface area (TPSA) is 79.3 Å². The smallest absolute Gasteiger partial charge is 0.338 e. The summed E-state index contributed by atoms with van der Waals surface area (Å²) in [5, 5.41) is 12.1. The molecule has 0 radical (unpaired) electrons. The lowest BCUT2D eigenvalue weighted by Crippen LogP contribution is -2.13. The molecule has 0 aliphatic carbocycles. The zero-order chi connectivity index (χ0) is 14.5. The van der Waals surface area contributed by atoms with Crippen molar-refractivity contribution in [3.05, 3.63) is 46.6 Å². The number of carboxylic acid groups (broad SMARTS) is 1. The minimum atomic E-state index is -1.03. The van der Waals surface area contributed by atoms with Gasteiger partial charge in [-0.2, -0.15) is 0 Å². The van der Waals surface area contributed by atoms with Crippen LogP contribution in [0.5, 0.6) is 0 Å². The summed E-state index contributed by atoms with van der Waals surface area (Å²) in [6.45, 7) is 1.81. The molecule has 20 heavy (non-hydrogen) atoms. The lowest BCUT2D eigenvalue weighted by atomic mass is 10.1. The molecule has 0 unspecified atom stereocenters. The summed E-state index contributed by atoms with van der Waals surface area (Å²) in [6.07, 6.45) is 4.26. The van der Waals surface area contributed by atoms with Crippen LogP contribution in [0.25, 0.3) is 0 Å². The zero-order valence-corrected chi connectivity index (χ0v) is 11.7. The molecule has 0 aliphatic heterocycles. The number of nitrogens with one attached hydrogen (secondary N) is 1. The maximum Gasteiger partial charge on any atom is 0.338 e. The van der Waals surface area contributed by atoms with E-state index in [4.69, 9.17) is 5.11 Å². The number of carbonyl (C=O) groups is 2. The number of thiophene rings is 1. The first-order chi connectivity index (χ1) is 9.56. The number of hydrogen-bond donors (Lipinski definition) is 2. The van der Waals surface area contributed by atoms with Crippen LogP contribution >= 0.6 is 11.3 Å². The van der Waals surface area contributed by atoms with E-state index in [0.29, 0.717) is 17.8 Å². The van der Waals surface area contributed by atoms with E-state index in [1.165, 1.54) is 11.3 Å². The van der Waals surface area contributed by atoms with Crippen molar-refractivity contribution in [2.75, 3.05) is 5.32 Å². The fourth-order valence-electron chi connectivity index (χ4n) is 1.76. The molecule has 1 amide bonds. The maximum absolute atomic E-state index is 11.9. The molecular weight excluding hydrogens is 276 g/mol. The van der Waals surface area contributed by atoms with E-state index < -0.39 is 5.97 Å². The molecule has 0 fully saturated rings. The fraction of sp³-hybridized carbons (Fsp3) is 0.214. The molecular formula is C14H14N2O3S. The molecule has 0 atom stereocenters. The maximum atomic E-state index is 11.9.